The zero-order valence-electron chi connectivity index (χ0n) is 11.7. The minimum Gasteiger partial charge on any atom is -0.396 e. The predicted molar refractivity (Wildman–Crippen MR) is 84.3 cm³/mol. The molecule has 118 valence electrons. The van der Waals surface area contributed by atoms with Crippen molar-refractivity contribution >= 4 is 38.9 Å². The lowest BCUT2D eigenvalue weighted by molar-refractivity contribution is 0.0290. The molecule has 2 rings (SSSR count). The fraction of sp³-hybridized carbons (Fsp3) is 0.538. The topological polar surface area (TPSA) is 72.6 Å². The number of nitrogen functional groups attached to an aromatic ring is 1. The van der Waals surface area contributed by atoms with E-state index in [1.54, 1.807) is 0 Å². The fourth-order valence-electron chi connectivity index (χ4n) is 2.36. The van der Waals surface area contributed by atoms with Crippen molar-refractivity contribution in [2.24, 2.45) is 0 Å². The molecular weight excluding hydrogens is 335 g/mol. The van der Waals surface area contributed by atoms with Gasteiger partial charge < -0.3 is 10.5 Å². The van der Waals surface area contributed by atoms with Crippen LogP contribution in [0.5, 0.6) is 0 Å². The summed E-state index contributed by atoms with van der Waals surface area (Å²) in [6, 6.07) is 2.84. The number of hydrogen-bond acceptors (Lipinski definition) is 4. The van der Waals surface area contributed by atoms with Gasteiger partial charge in [0.05, 0.1) is 21.8 Å². The third-order valence-electron chi connectivity index (χ3n) is 3.51. The highest BCUT2D eigenvalue weighted by molar-refractivity contribution is 7.89. The second-order valence-electron chi connectivity index (χ2n) is 4.83. The van der Waals surface area contributed by atoms with Crippen LogP contribution in [-0.4, -0.2) is 38.5 Å². The van der Waals surface area contributed by atoms with Crippen LogP contribution in [0.15, 0.2) is 17.0 Å². The molecule has 0 spiro atoms. The van der Waals surface area contributed by atoms with Gasteiger partial charge in [0.2, 0.25) is 10.0 Å². The van der Waals surface area contributed by atoms with Crippen molar-refractivity contribution in [2.45, 2.75) is 30.8 Å². The molecule has 5 nitrogen and oxygen atoms in total. The summed E-state index contributed by atoms with van der Waals surface area (Å²) in [5, 5.41) is 0.225. The number of nitrogens with zero attached hydrogens (tertiary/aromatic N) is 1. The van der Waals surface area contributed by atoms with Crippen molar-refractivity contribution in [1.82, 2.24) is 4.31 Å². The molecule has 1 aliphatic rings. The first kappa shape index (κ1) is 16.8. The molecule has 0 saturated carbocycles. The fourth-order valence-corrected chi connectivity index (χ4v) is 4.57. The molecule has 1 fully saturated rings. The highest BCUT2D eigenvalue weighted by Gasteiger charge is 2.31. The average molecular weight is 353 g/mol. The molecule has 1 heterocycles. The summed E-state index contributed by atoms with van der Waals surface area (Å²) < 4.78 is 32.2. The summed E-state index contributed by atoms with van der Waals surface area (Å²) in [4.78, 5) is 0.000858. The number of benzene rings is 1. The quantitative estimate of drug-likeness (QED) is 0.845. The molecule has 1 aromatic rings. The van der Waals surface area contributed by atoms with Crippen LogP contribution in [0.3, 0.4) is 0 Å². The Bertz CT molecular complexity index is 614. The number of halogens is 2. The van der Waals surface area contributed by atoms with Gasteiger partial charge in [0, 0.05) is 19.7 Å². The summed E-state index contributed by atoms with van der Waals surface area (Å²) in [6.45, 7) is 3.38. The van der Waals surface area contributed by atoms with Gasteiger partial charge >= 0.3 is 0 Å². The van der Waals surface area contributed by atoms with Crippen LogP contribution in [-0.2, 0) is 14.8 Å². The van der Waals surface area contributed by atoms with E-state index in [0.717, 1.165) is 0 Å². The van der Waals surface area contributed by atoms with Crippen LogP contribution in [0.25, 0.3) is 0 Å². The molecule has 0 bridgehead atoms. The predicted octanol–water partition coefficient (Wildman–Crippen LogP) is 2.77. The lowest BCUT2D eigenvalue weighted by Crippen LogP contribution is -2.41. The lowest BCUT2D eigenvalue weighted by Gasteiger charge is -2.31. The Morgan fingerprint density at radius 1 is 1.33 bits per heavy atom. The molecule has 21 heavy (non-hydrogen) atoms. The van der Waals surface area contributed by atoms with Crippen LogP contribution in [0.2, 0.25) is 10.0 Å². The van der Waals surface area contributed by atoms with Crippen molar-refractivity contribution in [3.63, 3.8) is 0 Å². The molecule has 2 N–H and O–H groups in total. The molecule has 1 saturated heterocycles. The lowest BCUT2D eigenvalue weighted by atomic mass is 10.1. The molecule has 1 aromatic carbocycles. The number of ether oxygens (including phenoxy) is 1. The maximum absolute atomic E-state index is 12.6. The van der Waals surface area contributed by atoms with Crippen molar-refractivity contribution in [2.75, 3.05) is 25.4 Å². The molecule has 0 unspecified atom stereocenters. The Labute approximate surface area is 135 Å². The second-order valence-corrected chi connectivity index (χ2v) is 7.52. The van der Waals surface area contributed by atoms with Crippen molar-refractivity contribution < 1.29 is 13.2 Å². The normalized spacial score (nSPS) is 18.0. The highest BCUT2D eigenvalue weighted by atomic mass is 35.5. The molecular formula is C13H18Cl2N2O3S. The number of hydrogen-bond donors (Lipinski definition) is 1. The molecule has 1 aliphatic heterocycles. The van der Waals surface area contributed by atoms with Crippen LogP contribution < -0.4 is 5.73 Å². The van der Waals surface area contributed by atoms with Gasteiger partial charge in [-0.15, -0.1) is 0 Å². The number of anilines is 1. The number of sulfonamides is 1. The largest absolute Gasteiger partial charge is 0.396 e. The van der Waals surface area contributed by atoms with E-state index in [9.17, 15) is 8.42 Å². The van der Waals surface area contributed by atoms with Gasteiger partial charge in [0.15, 0.2) is 0 Å². The molecule has 0 aliphatic carbocycles. The van der Waals surface area contributed by atoms with Crippen LogP contribution in [0.4, 0.5) is 5.69 Å². The van der Waals surface area contributed by atoms with Gasteiger partial charge in [-0.25, -0.2) is 8.42 Å². The van der Waals surface area contributed by atoms with Gasteiger partial charge in [-0.3, -0.25) is 0 Å². The van der Waals surface area contributed by atoms with Gasteiger partial charge in [-0.1, -0.05) is 23.2 Å². The number of piperidine rings is 1. The third kappa shape index (κ3) is 3.46. The monoisotopic (exact) mass is 352 g/mol. The Morgan fingerprint density at radius 2 is 1.95 bits per heavy atom. The van der Waals surface area contributed by atoms with E-state index < -0.39 is 10.0 Å². The van der Waals surface area contributed by atoms with Crippen molar-refractivity contribution in [1.29, 1.82) is 0 Å². The summed E-state index contributed by atoms with van der Waals surface area (Å²) in [7, 11) is -3.66. The molecule has 8 heteroatoms. The maximum Gasteiger partial charge on any atom is 0.244 e. The van der Waals surface area contributed by atoms with E-state index in [1.807, 2.05) is 6.92 Å². The zero-order chi connectivity index (χ0) is 15.6. The summed E-state index contributed by atoms with van der Waals surface area (Å²) in [5.74, 6) is 0. The molecule has 0 atom stereocenters. The second kappa shape index (κ2) is 6.71. The van der Waals surface area contributed by atoms with Gasteiger partial charge in [-0.2, -0.15) is 4.31 Å². The smallest absolute Gasteiger partial charge is 0.244 e. The Kier molecular flexibility index (Phi) is 5.38. The summed E-state index contributed by atoms with van der Waals surface area (Å²) in [6.07, 6.45) is 1.47. The standard InChI is InChI=1S/C13H18Cl2N2O3S/c1-2-20-9-5-7-17(8-6-9)21(18,19)11-4-3-10(14)13(16)12(11)15/h3-4,9H,2,5-8,16H2,1H3. The SMILES string of the molecule is CCOC1CCN(S(=O)(=O)c2ccc(Cl)c(N)c2Cl)CC1. The first-order valence-electron chi connectivity index (χ1n) is 6.73. The van der Waals surface area contributed by atoms with Crippen molar-refractivity contribution in [3.05, 3.63) is 22.2 Å². The van der Waals surface area contributed by atoms with E-state index in [1.165, 1.54) is 16.4 Å². The summed E-state index contributed by atoms with van der Waals surface area (Å²) >= 11 is 11.9. The van der Waals surface area contributed by atoms with Crippen LogP contribution in [0.1, 0.15) is 19.8 Å². The minimum absolute atomic E-state index is 0.000858. The Balaban J connectivity index is 2.22. The Hall–Kier alpha value is -0.530. The minimum atomic E-state index is -3.66. The van der Waals surface area contributed by atoms with E-state index in [2.05, 4.69) is 0 Å². The van der Waals surface area contributed by atoms with E-state index >= 15 is 0 Å². The van der Waals surface area contributed by atoms with Gasteiger partial charge in [0.25, 0.3) is 0 Å². The van der Waals surface area contributed by atoms with E-state index in [0.29, 0.717) is 32.5 Å². The third-order valence-corrected chi connectivity index (χ3v) is 6.30. The van der Waals surface area contributed by atoms with Gasteiger partial charge in [-0.05, 0) is 31.9 Å². The van der Waals surface area contributed by atoms with Crippen molar-refractivity contribution in [3.8, 4) is 0 Å². The first-order valence-corrected chi connectivity index (χ1v) is 8.92. The maximum atomic E-state index is 12.6. The average Bonchev–Trinajstić information content (AvgIpc) is 2.45. The van der Waals surface area contributed by atoms with E-state index in [4.69, 9.17) is 33.7 Å². The zero-order valence-corrected chi connectivity index (χ0v) is 14.0. The van der Waals surface area contributed by atoms with E-state index in [-0.39, 0.29) is 26.7 Å². The Morgan fingerprint density at radius 3 is 2.52 bits per heavy atom. The van der Waals surface area contributed by atoms with Crippen LogP contribution >= 0.6 is 23.2 Å². The van der Waals surface area contributed by atoms with Crippen LogP contribution in [0, 0.1) is 0 Å². The summed E-state index contributed by atoms with van der Waals surface area (Å²) in [5.41, 5.74) is 5.79. The first-order chi connectivity index (χ1) is 9.87. The molecule has 0 amide bonds. The molecule has 0 radical (unpaired) electrons. The highest BCUT2D eigenvalue weighted by Crippen LogP contribution is 2.35. The molecule has 0 aromatic heterocycles. The number of nitrogens with two attached hydrogens (primary N) is 1. The van der Waals surface area contributed by atoms with Gasteiger partial charge in [0.1, 0.15) is 4.90 Å². The number of rotatable bonds is 4.